The van der Waals surface area contributed by atoms with Gasteiger partial charge < -0.3 is 10.6 Å². The van der Waals surface area contributed by atoms with Crippen molar-refractivity contribution >= 4 is 57.9 Å². The van der Waals surface area contributed by atoms with Gasteiger partial charge >= 0.3 is 0 Å². The fourth-order valence-electron chi connectivity index (χ4n) is 3.53. The number of nitrogens with one attached hydrogen (secondary N) is 4. The summed E-state index contributed by atoms with van der Waals surface area (Å²) in [7, 11) is 0. The zero-order chi connectivity index (χ0) is 23.5. The molecule has 4 N–H and O–H groups in total. The van der Waals surface area contributed by atoms with Gasteiger partial charge in [0.05, 0.1) is 22.9 Å². The zero-order valence-corrected chi connectivity index (χ0v) is 19.2. The number of aromatic nitrogens is 2. The number of hydrogen-bond donors (Lipinski definition) is 4. The van der Waals surface area contributed by atoms with Crippen LogP contribution in [0.1, 0.15) is 34.4 Å². The minimum atomic E-state index is -2.65. The second-order valence-corrected chi connectivity index (χ2v) is 8.51. The first-order valence-electron chi connectivity index (χ1n) is 9.83. The van der Waals surface area contributed by atoms with E-state index in [0.717, 1.165) is 10.2 Å². The predicted octanol–water partition coefficient (Wildman–Crippen LogP) is 5.18. The van der Waals surface area contributed by atoms with Gasteiger partial charge in [-0.05, 0) is 42.4 Å². The van der Waals surface area contributed by atoms with Gasteiger partial charge in [0.25, 0.3) is 12.3 Å². The SMILES string of the molecule is O=C(NNC(=S)Nc1cc(Cl)ccc1Cl)c1cnn2c1N[C@H](c1ccccc1)C[C@@H]2C(F)F. The molecule has 0 radical (unpaired) electrons. The Kier molecular flexibility index (Phi) is 6.96. The average molecular weight is 511 g/mol. The minimum Gasteiger partial charge on any atom is -0.363 e. The molecule has 0 unspecified atom stereocenters. The van der Waals surface area contributed by atoms with Crippen LogP contribution in [0.5, 0.6) is 0 Å². The fourth-order valence-corrected chi connectivity index (χ4v) is 4.03. The molecule has 0 spiro atoms. The number of nitrogens with zero attached hydrogens (tertiary/aromatic N) is 2. The predicted molar refractivity (Wildman–Crippen MR) is 128 cm³/mol. The molecule has 3 aromatic rings. The average Bonchev–Trinajstić information content (AvgIpc) is 3.24. The molecule has 1 aromatic heterocycles. The monoisotopic (exact) mass is 510 g/mol. The molecule has 0 aliphatic carbocycles. The van der Waals surface area contributed by atoms with Crippen LogP contribution in [-0.4, -0.2) is 27.2 Å². The van der Waals surface area contributed by atoms with Crippen molar-refractivity contribution in [2.75, 3.05) is 10.6 Å². The number of fused-ring (bicyclic) bond motifs is 1. The van der Waals surface area contributed by atoms with Crippen molar-refractivity contribution in [2.45, 2.75) is 24.9 Å². The van der Waals surface area contributed by atoms with E-state index in [4.69, 9.17) is 35.4 Å². The van der Waals surface area contributed by atoms with Gasteiger partial charge in [-0.15, -0.1) is 0 Å². The summed E-state index contributed by atoms with van der Waals surface area (Å²) in [6.07, 6.45) is -1.28. The molecule has 2 atom stereocenters. The largest absolute Gasteiger partial charge is 0.363 e. The minimum absolute atomic E-state index is 0.0501. The molecular formula is C21H18Cl2F2N6OS. The molecule has 1 amide bonds. The molecule has 2 heterocycles. The smallest absolute Gasteiger partial charge is 0.275 e. The van der Waals surface area contributed by atoms with E-state index in [0.29, 0.717) is 15.7 Å². The number of benzene rings is 2. The van der Waals surface area contributed by atoms with Crippen molar-refractivity contribution in [3.8, 4) is 0 Å². The molecule has 0 saturated heterocycles. The first-order valence-corrected chi connectivity index (χ1v) is 11.0. The molecule has 0 bridgehead atoms. The first-order chi connectivity index (χ1) is 15.8. The van der Waals surface area contributed by atoms with Gasteiger partial charge in [0.2, 0.25) is 0 Å². The van der Waals surface area contributed by atoms with Crippen molar-refractivity contribution in [1.82, 2.24) is 20.6 Å². The number of rotatable bonds is 4. The van der Waals surface area contributed by atoms with E-state index in [2.05, 4.69) is 26.6 Å². The Morgan fingerprint density at radius 2 is 1.94 bits per heavy atom. The second-order valence-electron chi connectivity index (χ2n) is 7.25. The molecule has 2 aromatic carbocycles. The molecule has 7 nitrogen and oxygen atoms in total. The maximum atomic E-state index is 13.8. The summed E-state index contributed by atoms with van der Waals surface area (Å²) in [4.78, 5) is 12.8. The summed E-state index contributed by atoms with van der Waals surface area (Å²) < 4.78 is 28.7. The van der Waals surface area contributed by atoms with Crippen LogP contribution in [0.3, 0.4) is 0 Å². The van der Waals surface area contributed by atoms with Gasteiger partial charge in [-0.25, -0.2) is 13.5 Å². The molecule has 0 saturated carbocycles. The number of hydrogen-bond acceptors (Lipinski definition) is 4. The zero-order valence-electron chi connectivity index (χ0n) is 16.9. The lowest BCUT2D eigenvalue weighted by Crippen LogP contribution is -2.44. The molecular weight excluding hydrogens is 493 g/mol. The van der Waals surface area contributed by atoms with Crippen LogP contribution >= 0.6 is 35.4 Å². The van der Waals surface area contributed by atoms with E-state index < -0.39 is 24.4 Å². The van der Waals surface area contributed by atoms with Crippen LogP contribution in [0.2, 0.25) is 10.0 Å². The number of alkyl halides is 2. The number of carbonyl (C=O) groups excluding carboxylic acids is 1. The number of anilines is 2. The van der Waals surface area contributed by atoms with Crippen LogP contribution in [-0.2, 0) is 0 Å². The molecule has 172 valence electrons. The Balaban J connectivity index is 1.48. The van der Waals surface area contributed by atoms with Gasteiger partial charge in [-0.1, -0.05) is 53.5 Å². The Morgan fingerprint density at radius 1 is 1.18 bits per heavy atom. The summed E-state index contributed by atoms with van der Waals surface area (Å²) in [6, 6.07) is 12.4. The Hall–Kier alpha value is -2.95. The van der Waals surface area contributed by atoms with Crippen molar-refractivity contribution in [2.24, 2.45) is 0 Å². The van der Waals surface area contributed by atoms with Crippen LogP contribution in [0.25, 0.3) is 0 Å². The van der Waals surface area contributed by atoms with Crippen molar-refractivity contribution in [3.63, 3.8) is 0 Å². The summed E-state index contributed by atoms with van der Waals surface area (Å²) >= 11 is 17.2. The third-order valence-corrected chi connectivity index (χ3v) is 5.87. The Bertz CT molecular complexity index is 1180. The molecule has 0 fully saturated rings. The molecule has 1 aliphatic rings. The Labute approximate surface area is 203 Å². The van der Waals surface area contributed by atoms with E-state index in [1.54, 1.807) is 18.2 Å². The van der Waals surface area contributed by atoms with Gasteiger partial charge in [-0.2, -0.15) is 5.10 Å². The second kappa shape index (κ2) is 9.90. The number of halogens is 4. The highest BCUT2D eigenvalue weighted by Crippen LogP contribution is 2.39. The number of hydrazine groups is 1. The van der Waals surface area contributed by atoms with Crippen molar-refractivity contribution in [3.05, 3.63) is 75.9 Å². The first kappa shape index (κ1) is 23.2. The highest BCUT2D eigenvalue weighted by molar-refractivity contribution is 7.80. The standard InChI is InChI=1S/C21H18Cl2F2N6OS/c22-12-6-7-14(23)16(8-12)28-21(33)30-29-20(32)13-10-26-31-17(18(24)25)9-15(27-19(13)31)11-4-2-1-3-5-11/h1-8,10,15,17-18,27H,9H2,(H,29,32)(H2,28,30,33)/t15-,17+/m0/s1. The lowest BCUT2D eigenvalue weighted by molar-refractivity contribution is 0.0656. The van der Waals surface area contributed by atoms with Gasteiger partial charge in [0.15, 0.2) is 5.11 Å². The van der Waals surface area contributed by atoms with E-state index >= 15 is 0 Å². The van der Waals surface area contributed by atoms with Crippen LogP contribution < -0.4 is 21.5 Å². The van der Waals surface area contributed by atoms with Crippen molar-refractivity contribution in [1.29, 1.82) is 0 Å². The van der Waals surface area contributed by atoms with E-state index in [-0.39, 0.29) is 22.9 Å². The maximum absolute atomic E-state index is 13.8. The molecule has 12 heteroatoms. The lowest BCUT2D eigenvalue weighted by Gasteiger charge is -2.32. The Morgan fingerprint density at radius 3 is 2.67 bits per heavy atom. The maximum Gasteiger partial charge on any atom is 0.275 e. The van der Waals surface area contributed by atoms with Crippen molar-refractivity contribution < 1.29 is 13.6 Å². The highest BCUT2D eigenvalue weighted by atomic mass is 35.5. The molecule has 4 rings (SSSR count). The van der Waals surface area contributed by atoms with Gasteiger partial charge in [0, 0.05) is 5.02 Å². The third kappa shape index (κ3) is 5.18. The van der Waals surface area contributed by atoms with Gasteiger partial charge in [-0.3, -0.25) is 15.6 Å². The van der Waals surface area contributed by atoms with Crippen LogP contribution in [0.15, 0.2) is 54.7 Å². The summed E-state index contributed by atoms with van der Waals surface area (Å²) in [6.45, 7) is 0. The number of carbonyl (C=O) groups is 1. The normalized spacial score (nSPS) is 17.1. The fraction of sp³-hybridized carbons (Fsp3) is 0.190. The lowest BCUT2D eigenvalue weighted by atomic mass is 9.97. The van der Waals surface area contributed by atoms with Gasteiger partial charge in [0.1, 0.15) is 17.4 Å². The molecule has 1 aliphatic heterocycles. The topological polar surface area (TPSA) is 83.0 Å². The van der Waals surface area contributed by atoms with Crippen LogP contribution in [0.4, 0.5) is 20.3 Å². The van der Waals surface area contributed by atoms with E-state index in [1.165, 1.54) is 6.20 Å². The van der Waals surface area contributed by atoms with E-state index in [9.17, 15) is 13.6 Å². The van der Waals surface area contributed by atoms with E-state index in [1.807, 2.05) is 30.3 Å². The summed E-state index contributed by atoms with van der Waals surface area (Å²) in [5.41, 5.74) is 6.38. The molecule has 33 heavy (non-hydrogen) atoms. The third-order valence-electron chi connectivity index (χ3n) is 5.10. The van der Waals surface area contributed by atoms with Crippen LogP contribution in [0, 0.1) is 0 Å². The highest BCUT2D eigenvalue weighted by Gasteiger charge is 2.36. The quantitative estimate of drug-likeness (QED) is 0.285. The number of amides is 1. The summed E-state index contributed by atoms with van der Waals surface area (Å²) in [5, 5.41) is 10.9. The summed E-state index contributed by atoms with van der Waals surface area (Å²) in [5.74, 6) is -0.400. The number of thiocarbonyl (C=S) groups is 1.